The number of amides is 1. The second kappa shape index (κ2) is 8.81. The molecule has 4 nitrogen and oxygen atoms in total. The summed E-state index contributed by atoms with van der Waals surface area (Å²) in [4.78, 5) is 19.2. The molecular weight excluding hydrogens is 365 g/mol. The van der Waals surface area contributed by atoms with E-state index in [1.165, 1.54) is 0 Å². The smallest absolute Gasteiger partial charge is 0.254 e. The highest BCUT2D eigenvalue weighted by molar-refractivity contribution is 7.09. The fraction of sp³-hybridized carbons (Fsp3) is 0.412. The molecule has 0 radical (unpaired) electrons. The first-order chi connectivity index (χ1) is 10.6. The van der Waals surface area contributed by atoms with Crippen LogP contribution in [-0.2, 0) is 0 Å². The average Bonchev–Trinajstić information content (AvgIpc) is 3.12. The molecule has 7 heteroatoms. The normalized spacial score (nSPS) is 19.5. The van der Waals surface area contributed by atoms with Gasteiger partial charge in [0.05, 0.1) is 10.7 Å². The number of rotatable bonds is 3. The highest BCUT2D eigenvalue weighted by Gasteiger charge is 2.32. The van der Waals surface area contributed by atoms with Gasteiger partial charge in [-0.3, -0.25) is 4.79 Å². The Kier molecular flexibility index (Phi) is 7.67. The Morgan fingerprint density at radius 3 is 2.75 bits per heavy atom. The van der Waals surface area contributed by atoms with Crippen LogP contribution in [0.4, 0.5) is 0 Å². The molecule has 132 valence electrons. The van der Waals surface area contributed by atoms with Gasteiger partial charge in [-0.2, -0.15) is 0 Å². The van der Waals surface area contributed by atoms with Crippen LogP contribution in [0.1, 0.15) is 28.7 Å². The first kappa shape index (κ1) is 20.9. The van der Waals surface area contributed by atoms with Gasteiger partial charge in [0, 0.05) is 29.1 Å². The van der Waals surface area contributed by atoms with Gasteiger partial charge in [-0.15, -0.1) is 36.2 Å². The molecule has 2 N–H and O–H groups in total. The van der Waals surface area contributed by atoms with Crippen LogP contribution in [-0.4, -0.2) is 34.9 Å². The van der Waals surface area contributed by atoms with E-state index in [9.17, 15) is 4.79 Å². The van der Waals surface area contributed by atoms with Crippen LogP contribution in [0, 0.1) is 12.8 Å². The van der Waals surface area contributed by atoms with Crippen molar-refractivity contribution in [2.75, 3.05) is 13.1 Å². The quantitative estimate of drug-likeness (QED) is 0.871. The SMILES string of the molecule is Cc1nc(-c2cccc(C(=O)N3CC(CN)CC3C)c2)cs1.Cl.Cl. The minimum atomic E-state index is 0. The van der Waals surface area contributed by atoms with Crippen LogP contribution in [0.5, 0.6) is 0 Å². The molecule has 0 saturated carbocycles. The predicted octanol–water partition coefficient (Wildman–Crippen LogP) is 3.77. The molecule has 24 heavy (non-hydrogen) atoms. The number of hydrogen-bond acceptors (Lipinski definition) is 4. The van der Waals surface area contributed by atoms with E-state index in [4.69, 9.17) is 5.73 Å². The second-order valence-corrected chi connectivity index (χ2v) is 7.04. The third-order valence-corrected chi connectivity index (χ3v) is 5.05. The lowest BCUT2D eigenvalue weighted by molar-refractivity contribution is 0.0743. The van der Waals surface area contributed by atoms with E-state index >= 15 is 0 Å². The molecule has 2 atom stereocenters. The minimum Gasteiger partial charge on any atom is -0.336 e. The maximum atomic E-state index is 12.8. The molecule has 1 aromatic heterocycles. The molecular formula is C17H23Cl2N3OS. The Bertz CT molecular complexity index is 692. The zero-order chi connectivity index (χ0) is 15.7. The fourth-order valence-corrected chi connectivity index (χ4v) is 3.69. The zero-order valence-electron chi connectivity index (χ0n) is 13.8. The number of aryl methyl sites for hydroxylation is 1. The maximum absolute atomic E-state index is 12.8. The summed E-state index contributed by atoms with van der Waals surface area (Å²) in [6, 6.07) is 8.01. The van der Waals surface area contributed by atoms with Gasteiger partial charge in [0.2, 0.25) is 0 Å². The van der Waals surface area contributed by atoms with E-state index < -0.39 is 0 Å². The molecule has 2 unspecified atom stereocenters. The highest BCUT2D eigenvalue weighted by Crippen LogP contribution is 2.26. The van der Waals surface area contributed by atoms with Crippen LogP contribution in [0.3, 0.4) is 0 Å². The predicted molar refractivity (Wildman–Crippen MR) is 104 cm³/mol. The summed E-state index contributed by atoms with van der Waals surface area (Å²) >= 11 is 1.62. The van der Waals surface area contributed by atoms with Gasteiger partial charge in [-0.05, 0) is 44.9 Å². The number of carbonyl (C=O) groups excluding carboxylic acids is 1. The van der Waals surface area contributed by atoms with Gasteiger partial charge in [0.1, 0.15) is 0 Å². The lowest BCUT2D eigenvalue weighted by Crippen LogP contribution is -2.34. The summed E-state index contributed by atoms with van der Waals surface area (Å²) in [5.74, 6) is 0.514. The average molecular weight is 388 g/mol. The number of benzene rings is 1. The molecule has 0 aliphatic carbocycles. The molecule has 1 amide bonds. The van der Waals surface area contributed by atoms with E-state index in [-0.39, 0.29) is 36.8 Å². The van der Waals surface area contributed by atoms with E-state index in [2.05, 4.69) is 11.9 Å². The molecule has 1 aromatic carbocycles. The number of halogens is 2. The molecule has 0 bridgehead atoms. The Morgan fingerprint density at radius 2 is 2.17 bits per heavy atom. The summed E-state index contributed by atoms with van der Waals surface area (Å²) in [6.45, 7) is 5.49. The summed E-state index contributed by atoms with van der Waals surface area (Å²) in [7, 11) is 0. The monoisotopic (exact) mass is 387 g/mol. The number of nitrogens with two attached hydrogens (primary N) is 1. The summed E-state index contributed by atoms with van der Waals surface area (Å²) in [5, 5.41) is 3.06. The largest absolute Gasteiger partial charge is 0.336 e. The topological polar surface area (TPSA) is 59.2 Å². The number of thiazole rings is 1. The lowest BCUT2D eigenvalue weighted by atomic mass is 10.1. The van der Waals surface area contributed by atoms with Crippen LogP contribution in [0.25, 0.3) is 11.3 Å². The Hall–Kier alpha value is -1.14. The Morgan fingerprint density at radius 1 is 1.42 bits per heavy atom. The molecule has 2 aromatic rings. The second-order valence-electron chi connectivity index (χ2n) is 5.98. The van der Waals surface area contributed by atoms with Crippen LogP contribution in [0.15, 0.2) is 29.6 Å². The third kappa shape index (κ3) is 4.28. The number of hydrogen-bond donors (Lipinski definition) is 1. The zero-order valence-corrected chi connectivity index (χ0v) is 16.2. The molecule has 1 saturated heterocycles. The lowest BCUT2D eigenvalue weighted by Gasteiger charge is -2.21. The van der Waals surface area contributed by atoms with E-state index in [0.717, 1.165) is 34.8 Å². The van der Waals surface area contributed by atoms with Gasteiger partial charge in [-0.1, -0.05) is 12.1 Å². The summed E-state index contributed by atoms with van der Waals surface area (Å²) in [5.41, 5.74) is 8.42. The number of carbonyl (C=O) groups is 1. The third-order valence-electron chi connectivity index (χ3n) is 4.28. The number of nitrogens with zero attached hydrogens (tertiary/aromatic N) is 2. The summed E-state index contributed by atoms with van der Waals surface area (Å²) < 4.78 is 0. The van der Waals surface area contributed by atoms with Gasteiger partial charge in [0.25, 0.3) is 5.91 Å². The molecule has 0 spiro atoms. The van der Waals surface area contributed by atoms with Gasteiger partial charge >= 0.3 is 0 Å². The molecule has 2 heterocycles. The molecule has 1 fully saturated rings. The first-order valence-corrected chi connectivity index (χ1v) is 8.50. The van der Waals surface area contributed by atoms with Gasteiger partial charge in [0.15, 0.2) is 0 Å². The van der Waals surface area contributed by atoms with E-state index in [1.807, 2.05) is 41.5 Å². The first-order valence-electron chi connectivity index (χ1n) is 7.62. The molecule has 1 aliphatic rings. The molecule has 1 aliphatic heterocycles. The van der Waals surface area contributed by atoms with Crippen molar-refractivity contribution in [2.24, 2.45) is 11.7 Å². The fourth-order valence-electron chi connectivity index (χ4n) is 3.07. The Labute approximate surface area is 159 Å². The van der Waals surface area contributed by atoms with Crippen molar-refractivity contribution in [3.8, 4) is 11.3 Å². The van der Waals surface area contributed by atoms with E-state index in [0.29, 0.717) is 12.5 Å². The number of aromatic nitrogens is 1. The van der Waals surface area contributed by atoms with Gasteiger partial charge in [-0.25, -0.2) is 4.98 Å². The maximum Gasteiger partial charge on any atom is 0.254 e. The van der Waals surface area contributed by atoms with Crippen LogP contribution < -0.4 is 5.73 Å². The van der Waals surface area contributed by atoms with Crippen LogP contribution >= 0.6 is 36.2 Å². The van der Waals surface area contributed by atoms with E-state index in [1.54, 1.807) is 11.3 Å². The van der Waals surface area contributed by atoms with Crippen molar-refractivity contribution in [3.05, 3.63) is 40.2 Å². The standard InChI is InChI=1S/C17H21N3OS.2ClH/c1-11-6-13(8-18)9-20(11)17(21)15-5-3-4-14(7-15)16-10-22-12(2)19-16;;/h3-5,7,10-11,13H,6,8-9,18H2,1-2H3;2*1H. The van der Waals surface area contributed by atoms with Crippen molar-refractivity contribution >= 4 is 42.1 Å². The summed E-state index contributed by atoms with van der Waals surface area (Å²) in [6.07, 6.45) is 0.993. The number of likely N-dealkylation sites (tertiary alicyclic amines) is 1. The van der Waals surface area contributed by atoms with Crippen molar-refractivity contribution in [3.63, 3.8) is 0 Å². The van der Waals surface area contributed by atoms with Crippen molar-refractivity contribution in [1.29, 1.82) is 0 Å². The van der Waals surface area contributed by atoms with Crippen molar-refractivity contribution in [2.45, 2.75) is 26.3 Å². The van der Waals surface area contributed by atoms with Gasteiger partial charge < -0.3 is 10.6 Å². The Balaban J connectivity index is 0.00000144. The van der Waals surface area contributed by atoms with Crippen molar-refractivity contribution < 1.29 is 4.79 Å². The van der Waals surface area contributed by atoms with Crippen molar-refractivity contribution in [1.82, 2.24) is 9.88 Å². The minimum absolute atomic E-state index is 0. The van der Waals surface area contributed by atoms with Crippen LogP contribution in [0.2, 0.25) is 0 Å². The molecule has 3 rings (SSSR count). The highest BCUT2D eigenvalue weighted by atomic mass is 35.5.